The van der Waals surface area contributed by atoms with Gasteiger partial charge in [-0.3, -0.25) is 14.5 Å². The van der Waals surface area contributed by atoms with Crippen LogP contribution < -0.4 is 24.4 Å². The van der Waals surface area contributed by atoms with E-state index in [9.17, 15) is 9.59 Å². The Bertz CT molecular complexity index is 1070. The van der Waals surface area contributed by atoms with Crippen LogP contribution in [0.2, 0.25) is 0 Å². The van der Waals surface area contributed by atoms with E-state index < -0.39 is 5.92 Å². The zero-order chi connectivity index (χ0) is 25.7. The van der Waals surface area contributed by atoms with E-state index in [4.69, 9.17) is 18.9 Å². The monoisotopic (exact) mass is 497 g/mol. The molecule has 2 heterocycles. The van der Waals surface area contributed by atoms with Gasteiger partial charge in [0, 0.05) is 51.3 Å². The number of morpholine rings is 1. The maximum absolute atomic E-state index is 12.9. The second-order valence-electron chi connectivity index (χ2n) is 9.24. The Balaban J connectivity index is 1.36. The molecule has 2 atom stereocenters. The molecule has 9 nitrogen and oxygen atoms in total. The molecule has 0 spiro atoms. The van der Waals surface area contributed by atoms with E-state index in [0.717, 1.165) is 31.8 Å². The van der Waals surface area contributed by atoms with Gasteiger partial charge in [-0.15, -0.1) is 0 Å². The summed E-state index contributed by atoms with van der Waals surface area (Å²) in [5.74, 6) is 0.680. The van der Waals surface area contributed by atoms with E-state index in [2.05, 4.69) is 29.3 Å². The number of benzene rings is 2. The Hall–Kier alpha value is -3.30. The van der Waals surface area contributed by atoms with Crippen molar-refractivity contribution in [2.24, 2.45) is 5.92 Å². The van der Waals surface area contributed by atoms with E-state index in [1.165, 1.54) is 26.9 Å². The third-order valence-corrected chi connectivity index (χ3v) is 6.65. The lowest BCUT2D eigenvalue weighted by molar-refractivity contribution is -0.126. The Morgan fingerprint density at radius 2 is 1.78 bits per heavy atom. The molecule has 2 aromatic carbocycles. The number of methoxy groups -OCH3 is 3. The predicted molar refractivity (Wildman–Crippen MR) is 136 cm³/mol. The Kier molecular flexibility index (Phi) is 8.32. The summed E-state index contributed by atoms with van der Waals surface area (Å²) in [6.07, 6.45) is 0.396. The normalized spacial score (nSPS) is 20.3. The van der Waals surface area contributed by atoms with Crippen molar-refractivity contribution in [1.29, 1.82) is 0 Å². The molecule has 1 N–H and O–H groups in total. The summed E-state index contributed by atoms with van der Waals surface area (Å²) in [7, 11) is 4.58. The minimum absolute atomic E-state index is 0.119. The molecule has 36 heavy (non-hydrogen) atoms. The molecule has 4 rings (SSSR count). The van der Waals surface area contributed by atoms with Crippen LogP contribution in [0.3, 0.4) is 0 Å². The number of ether oxygens (including phenoxy) is 4. The van der Waals surface area contributed by atoms with Crippen LogP contribution in [0.25, 0.3) is 0 Å². The number of carbonyl (C=O) groups excluding carboxylic acids is 2. The molecule has 0 bridgehead atoms. The largest absolute Gasteiger partial charge is 0.493 e. The molecule has 0 aromatic heterocycles. The minimum atomic E-state index is -0.436. The van der Waals surface area contributed by atoms with Crippen LogP contribution in [0.1, 0.15) is 24.5 Å². The van der Waals surface area contributed by atoms with Gasteiger partial charge in [-0.25, -0.2) is 0 Å². The SMILES string of the molecule is COc1cc(N2CC(C(=O)NCc3cccc(CN4CCOC(C)C4)c3)CC2=O)cc(OC)c1OC. The quantitative estimate of drug-likeness (QED) is 0.570. The summed E-state index contributed by atoms with van der Waals surface area (Å²) >= 11 is 0. The highest BCUT2D eigenvalue weighted by Crippen LogP contribution is 2.42. The third-order valence-electron chi connectivity index (χ3n) is 6.65. The number of amides is 2. The van der Waals surface area contributed by atoms with Crippen LogP contribution in [-0.4, -0.2) is 70.4 Å². The Labute approximate surface area is 212 Å². The molecule has 2 fully saturated rings. The lowest BCUT2D eigenvalue weighted by Gasteiger charge is -2.31. The first-order valence-corrected chi connectivity index (χ1v) is 12.2. The summed E-state index contributed by atoms with van der Waals surface area (Å²) in [4.78, 5) is 29.7. The molecule has 2 aliphatic heterocycles. The van der Waals surface area contributed by atoms with E-state index >= 15 is 0 Å². The molecule has 2 aromatic rings. The number of carbonyl (C=O) groups is 2. The average molecular weight is 498 g/mol. The highest BCUT2D eigenvalue weighted by Gasteiger charge is 2.36. The molecular formula is C27H35N3O6. The number of nitrogens with one attached hydrogen (secondary N) is 1. The summed E-state index contributed by atoms with van der Waals surface area (Å²) in [6.45, 7) is 6.25. The fourth-order valence-corrected chi connectivity index (χ4v) is 4.82. The van der Waals surface area contributed by atoms with Gasteiger partial charge in [-0.05, 0) is 18.1 Å². The zero-order valence-electron chi connectivity index (χ0n) is 21.4. The standard InChI is InChI=1S/C27H35N3O6/c1-18-15-29(8-9-36-18)16-20-7-5-6-19(10-20)14-28-27(32)21-11-25(31)30(17-21)22-12-23(33-2)26(35-4)24(13-22)34-3/h5-7,10,12-13,18,21H,8-9,11,14-17H2,1-4H3,(H,28,32). The van der Waals surface area contributed by atoms with Crippen molar-refractivity contribution < 1.29 is 28.5 Å². The van der Waals surface area contributed by atoms with E-state index in [-0.39, 0.29) is 24.3 Å². The Morgan fingerprint density at radius 1 is 1.06 bits per heavy atom. The molecule has 194 valence electrons. The molecule has 0 aliphatic carbocycles. The summed E-state index contributed by atoms with van der Waals surface area (Å²) in [5.41, 5.74) is 2.85. The van der Waals surface area contributed by atoms with Gasteiger partial charge in [0.25, 0.3) is 0 Å². The number of nitrogens with zero attached hydrogens (tertiary/aromatic N) is 2. The van der Waals surface area contributed by atoms with Gasteiger partial charge in [0.05, 0.1) is 45.6 Å². The van der Waals surface area contributed by atoms with Crippen LogP contribution in [0, 0.1) is 5.92 Å². The number of rotatable bonds is 9. The molecular weight excluding hydrogens is 462 g/mol. The zero-order valence-corrected chi connectivity index (χ0v) is 21.4. The summed E-state index contributed by atoms with van der Waals surface area (Å²) in [6, 6.07) is 11.7. The molecule has 0 radical (unpaired) electrons. The molecule has 2 unspecified atom stereocenters. The molecule has 2 aliphatic rings. The Morgan fingerprint density at radius 3 is 2.44 bits per heavy atom. The van der Waals surface area contributed by atoms with Crippen molar-refractivity contribution in [1.82, 2.24) is 10.2 Å². The molecule has 0 saturated carbocycles. The van der Waals surface area contributed by atoms with E-state index in [1.807, 2.05) is 12.1 Å². The lowest BCUT2D eigenvalue weighted by Crippen LogP contribution is -2.40. The van der Waals surface area contributed by atoms with Crippen LogP contribution in [0.5, 0.6) is 17.2 Å². The van der Waals surface area contributed by atoms with Crippen LogP contribution in [0.4, 0.5) is 5.69 Å². The van der Waals surface area contributed by atoms with Crippen LogP contribution in [-0.2, 0) is 27.4 Å². The topological polar surface area (TPSA) is 89.6 Å². The highest BCUT2D eigenvalue weighted by molar-refractivity contribution is 6.00. The van der Waals surface area contributed by atoms with E-state index in [0.29, 0.717) is 36.0 Å². The molecule has 2 saturated heterocycles. The molecule has 9 heteroatoms. The van der Waals surface area contributed by atoms with Crippen molar-refractivity contribution in [3.8, 4) is 17.2 Å². The number of hydrogen-bond acceptors (Lipinski definition) is 7. The second-order valence-corrected chi connectivity index (χ2v) is 9.24. The number of hydrogen-bond donors (Lipinski definition) is 1. The van der Waals surface area contributed by atoms with Gasteiger partial charge >= 0.3 is 0 Å². The fourth-order valence-electron chi connectivity index (χ4n) is 4.82. The smallest absolute Gasteiger partial charge is 0.227 e. The average Bonchev–Trinajstić information content (AvgIpc) is 3.28. The second kappa shape index (κ2) is 11.6. The minimum Gasteiger partial charge on any atom is -0.493 e. The summed E-state index contributed by atoms with van der Waals surface area (Å²) in [5, 5.41) is 3.01. The van der Waals surface area contributed by atoms with Gasteiger partial charge in [0.1, 0.15) is 0 Å². The van der Waals surface area contributed by atoms with Crippen molar-refractivity contribution >= 4 is 17.5 Å². The van der Waals surface area contributed by atoms with Gasteiger partial charge in [-0.1, -0.05) is 24.3 Å². The van der Waals surface area contributed by atoms with Gasteiger partial charge in [-0.2, -0.15) is 0 Å². The first-order valence-electron chi connectivity index (χ1n) is 12.2. The molecule has 2 amide bonds. The van der Waals surface area contributed by atoms with Crippen LogP contribution >= 0.6 is 0 Å². The van der Waals surface area contributed by atoms with E-state index in [1.54, 1.807) is 17.0 Å². The lowest BCUT2D eigenvalue weighted by atomic mass is 10.1. The van der Waals surface area contributed by atoms with Crippen LogP contribution in [0.15, 0.2) is 36.4 Å². The summed E-state index contributed by atoms with van der Waals surface area (Å²) < 4.78 is 21.8. The van der Waals surface area contributed by atoms with Gasteiger partial charge in [0.15, 0.2) is 11.5 Å². The first kappa shape index (κ1) is 25.8. The number of anilines is 1. The van der Waals surface area contributed by atoms with Crippen molar-refractivity contribution in [3.63, 3.8) is 0 Å². The van der Waals surface area contributed by atoms with Gasteiger partial charge in [0.2, 0.25) is 17.6 Å². The van der Waals surface area contributed by atoms with Crippen molar-refractivity contribution in [2.75, 3.05) is 52.5 Å². The highest BCUT2D eigenvalue weighted by atomic mass is 16.5. The predicted octanol–water partition coefficient (Wildman–Crippen LogP) is 2.60. The first-order chi connectivity index (χ1) is 17.4. The van der Waals surface area contributed by atoms with Crippen molar-refractivity contribution in [3.05, 3.63) is 47.5 Å². The maximum Gasteiger partial charge on any atom is 0.227 e. The fraction of sp³-hybridized carbons (Fsp3) is 0.481. The van der Waals surface area contributed by atoms with Gasteiger partial charge < -0.3 is 29.2 Å². The van der Waals surface area contributed by atoms with Crippen molar-refractivity contribution in [2.45, 2.75) is 32.5 Å². The third kappa shape index (κ3) is 5.91. The maximum atomic E-state index is 12.9.